The van der Waals surface area contributed by atoms with Crippen molar-refractivity contribution in [3.8, 4) is 11.3 Å². The van der Waals surface area contributed by atoms with Crippen molar-refractivity contribution in [2.24, 2.45) is 5.73 Å². The summed E-state index contributed by atoms with van der Waals surface area (Å²) in [5.41, 5.74) is 23.5. The van der Waals surface area contributed by atoms with Crippen molar-refractivity contribution < 1.29 is 55.5 Å². The third-order valence-corrected chi connectivity index (χ3v) is 12.4. The molecule has 22 heteroatoms. The maximum atomic E-state index is 13.3. The molecule has 0 radical (unpaired) electrons. The summed E-state index contributed by atoms with van der Waals surface area (Å²) in [6.45, 7) is 8.76. The fourth-order valence-electron chi connectivity index (χ4n) is 7.14. The van der Waals surface area contributed by atoms with Crippen LogP contribution in [0.5, 0.6) is 0 Å². The number of hydrogen-bond acceptors (Lipinski definition) is 19. The second-order valence-corrected chi connectivity index (χ2v) is 17.4. The van der Waals surface area contributed by atoms with Gasteiger partial charge in [0.25, 0.3) is 6.01 Å². The van der Waals surface area contributed by atoms with Crippen LogP contribution in [0.25, 0.3) is 33.4 Å². The molecule has 6 rings (SSSR count). The Labute approximate surface area is 384 Å². The van der Waals surface area contributed by atoms with Crippen molar-refractivity contribution in [3.05, 3.63) is 59.4 Å². The lowest BCUT2D eigenvalue weighted by Crippen LogP contribution is -2.37. The first-order chi connectivity index (χ1) is 32.2. The Hall–Kier alpha value is -4.72. The standard InChI is InChI=1S/C44H63N9O12S/c45-9-12-58-14-16-60-18-20-62-22-24-64-26-25-63-23-21-61-19-17-59-15-13-57-11-8-37(54)2-1-27-66(55,56)52-10-7-34-28-33(3-4-36(34)31-52)30-53-43-40(42(46)48-32-49-43)41(51-53)35-5-6-39-38(29-35)50-44(47)65-39/h3-6,28-29,32H,1-2,7-27,30-31,45H2,(H2,47,50)(H2,46,48,49). The second-order valence-electron chi connectivity index (χ2n) is 15.3. The zero-order valence-electron chi connectivity index (χ0n) is 37.4. The van der Waals surface area contributed by atoms with Crippen LogP contribution in [-0.4, -0.2) is 168 Å². The van der Waals surface area contributed by atoms with E-state index in [2.05, 4.69) is 21.0 Å². The molecule has 2 aromatic carbocycles. The number of carbonyl (C=O) groups excluding carboxylic acids is 1. The van der Waals surface area contributed by atoms with Gasteiger partial charge in [-0.25, -0.2) is 23.1 Å². The van der Waals surface area contributed by atoms with Crippen molar-refractivity contribution in [1.82, 2.24) is 29.0 Å². The van der Waals surface area contributed by atoms with Crippen LogP contribution in [0, 0.1) is 0 Å². The minimum atomic E-state index is -3.56. The number of oxazole rings is 1. The van der Waals surface area contributed by atoms with Gasteiger partial charge in [-0.05, 0) is 47.7 Å². The smallest absolute Gasteiger partial charge is 0.292 e. The van der Waals surface area contributed by atoms with E-state index in [0.717, 1.165) is 22.3 Å². The maximum Gasteiger partial charge on any atom is 0.292 e. The van der Waals surface area contributed by atoms with Gasteiger partial charge in [-0.1, -0.05) is 18.2 Å². The molecule has 0 atom stereocenters. The topological polar surface area (TPSA) is 276 Å². The third kappa shape index (κ3) is 16.0. The highest BCUT2D eigenvalue weighted by molar-refractivity contribution is 7.89. The van der Waals surface area contributed by atoms with E-state index in [0.29, 0.717) is 159 Å². The number of nitrogen functional groups attached to an aromatic ring is 2. The predicted molar refractivity (Wildman–Crippen MR) is 245 cm³/mol. The van der Waals surface area contributed by atoms with E-state index in [1.807, 2.05) is 24.3 Å². The molecule has 0 bridgehead atoms. The third-order valence-electron chi connectivity index (χ3n) is 10.5. The van der Waals surface area contributed by atoms with Gasteiger partial charge >= 0.3 is 0 Å². The van der Waals surface area contributed by atoms with Gasteiger partial charge in [0.15, 0.2) is 11.2 Å². The number of ketones is 1. The zero-order valence-corrected chi connectivity index (χ0v) is 38.3. The summed E-state index contributed by atoms with van der Waals surface area (Å²) in [6, 6.07) is 11.6. The van der Waals surface area contributed by atoms with Crippen LogP contribution in [0.2, 0.25) is 0 Å². The molecule has 0 fully saturated rings. The van der Waals surface area contributed by atoms with Crippen LogP contribution in [0.4, 0.5) is 11.8 Å². The fraction of sp³-hybridized carbons (Fsp3) is 0.568. The number of nitrogens with zero attached hydrogens (tertiary/aromatic N) is 6. The number of Topliss-reactive ketones (excluding diaryl/α,β-unsaturated/α-hetero) is 1. The maximum absolute atomic E-state index is 13.3. The Morgan fingerprint density at radius 1 is 0.712 bits per heavy atom. The van der Waals surface area contributed by atoms with Crippen molar-refractivity contribution in [2.45, 2.75) is 38.8 Å². The highest BCUT2D eigenvalue weighted by Gasteiger charge is 2.27. The van der Waals surface area contributed by atoms with E-state index in [1.54, 1.807) is 10.7 Å². The lowest BCUT2D eigenvalue weighted by molar-refractivity contribution is -0.120. The van der Waals surface area contributed by atoms with Crippen LogP contribution in [0.15, 0.2) is 47.1 Å². The van der Waals surface area contributed by atoms with Crippen LogP contribution in [0.1, 0.15) is 36.0 Å². The Kier molecular flexibility index (Phi) is 20.9. The summed E-state index contributed by atoms with van der Waals surface area (Å²) in [5, 5.41) is 5.52. The molecule has 21 nitrogen and oxygen atoms in total. The Balaban J connectivity index is 0.778. The van der Waals surface area contributed by atoms with Gasteiger partial charge in [-0.15, -0.1) is 0 Å². The molecule has 362 valence electrons. The molecule has 66 heavy (non-hydrogen) atoms. The van der Waals surface area contributed by atoms with Gasteiger partial charge in [0.2, 0.25) is 10.0 Å². The van der Waals surface area contributed by atoms with Gasteiger partial charge in [-0.3, -0.25) is 4.79 Å². The van der Waals surface area contributed by atoms with Crippen molar-refractivity contribution >= 4 is 49.8 Å². The number of carbonyl (C=O) groups is 1. The normalized spacial score (nSPS) is 13.3. The van der Waals surface area contributed by atoms with Gasteiger partial charge in [-0.2, -0.15) is 14.4 Å². The molecular weight excluding hydrogens is 879 g/mol. The summed E-state index contributed by atoms with van der Waals surface area (Å²) in [6.07, 6.45) is 2.61. The number of fused-ring (bicyclic) bond motifs is 3. The number of ether oxygens (including phenoxy) is 8. The number of nitrogens with two attached hydrogens (primary N) is 3. The summed E-state index contributed by atoms with van der Waals surface area (Å²) in [4.78, 5) is 25.4. The first-order valence-electron chi connectivity index (χ1n) is 22.3. The number of benzene rings is 2. The first-order valence-corrected chi connectivity index (χ1v) is 23.9. The quantitative estimate of drug-likeness (QED) is 0.0499. The van der Waals surface area contributed by atoms with Crippen LogP contribution in [0.3, 0.4) is 0 Å². The zero-order chi connectivity index (χ0) is 46.4. The SMILES string of the molecule is NCCOCCOCCOCCOCCOCCOCCOCCOCCC(=O)CCCS(=O)(=O)N1CCc2cc(Cn3nc(-c4ccc5oc(N)nc5c4)c4c(N)ncnc43)ccc2C1. The number of anilines is 2. The van der Waals surface area contributed by atoms with Crippen molar-refractivity contribution in [1.29, 1.82) is 0 Å². The van der Waals surface area contributed by atoms with Crippen molar-refractivity contribution in [2.75, 3.05) is 136 Å². The van der Waals surface area contributed by atoms with Crippen LogP contribution in [-0.2, 0) is 72.2 Å². The average molecular weight is 942 g/mol. The molecule has 0 amide bonds. The summed E-state index contributed by atoms with van der Waals surface area (Å²) in [7, 11) is -3.56. The van der Waals surface area contributed by atoms with Gasteiger partial charge in [0.05, 0.1) is 123 Å². The summed E-state index contributed by atoms with van der Waals surface area (Å²) in [5.74, 6) is 0.172. The molecule has 6 N–H and O–H groups in total. The fourth-order valence-corrected chi connectivity index (χ4v) is 8.61. The molecule has 0 saturated heterocycles. The summed E-state index contributed by atoms with van der Waals surface area (Å²) >= 11 is 0. The monoisotopic (exact) mass is 941 g/mol. The molecule has 0 aliphatic carbocycles. The van der Waals surface area contributed by atoms with Crippen molar-refractivity contribution in [3.63, 3.8) is 0 Å². The molecule has 0 saturated carbocycles. The molecule has 5 aromatic rings. The van der Waals surface area contributed by atoms with Crippen LogP contribution >= 0.6 is 0 Å². The molecule has 3 aromatic heterocycles. The van der Waals surface area contributed by atoms with Gasteiger partial charge in [0, 0.05) is 38.0 Å². The number of hydrogen-bond donors (Lipinski definition) is 3. The lowest BCUT2D eigenvalue weighted by atomic mass is 9.98. The lowest BCUT2D eigenvalue weighted by Gasteiger charge is -2.28. The van der Waals surface area contributed by atoms with Gasteiger partial charge < -0.3 is 59.5 Å². The minimum absolute atomic E-state index is 0.0373. The second kappa shape index (κ2) is 27.2. The molecule has 0 spiro atoms. The number of sulfonamides is 1. The average Bonchev–Trinajstić information content (AvgIpc) is 3.88. The largest absolute Gasteiger partial charge is 0.424 e. The Morgan fingerprint density at radius 2 is 1.32 bits per heavy atom. The van der Waals surface area contributed by atoms with E-state index >= 15 is 0 Å². The minimum Gasteiger partial charge on any atom is -0.424 e. The molecular formula is C44H63N9O12S. The first kappa shape index (κ1) is 50.7. The van der Waals surface area contributed by atoms with Crippen LogP contribution < -0.4 is 17.2 Å². The summed E-state index contributed by atoms with van der Waals surface area (Å²) < 4.78 is 78.9. The molecule has 4 heterocycles. The van der Waals surface area contributed by atoms with E-state index in [1.165, 1.54) is 10.6 Å². The Bertz CT molecular complexity index is 2360. The highest BCUT2D eigenvalue weighted by Crippen LogP contribution is 2.33. The van der Waals surface area contributed by atoms with E-state index in [4.69, 9.17) is 64.6 Å². The Morgan fingerprint density at radius 3 is 1.94 bits per heavy atom. The molecule has 1 aliphatic rings. The number of aromatic nitrogens is 5. The van der Waals surface area contributed by atoms with E-state index < -0.39 is 10.0 Å². The van der Waals surface area contributed by atoms with E-state index in [-0.39, 0.29) is 50.0 Å². The molecule has 1 aliphatic heterocycles. The number of rotatable bonds is 34. The van der Waals surface area contributed by atoms with E-state index in [9.17, 15) is 13.2 Å². The molecule has 0 unspecified atom stereocenters. The predicted octanol–water partition coefficient (Wildman–Crippen LogP) is 2.37. The van der Waals surface area contributed by atoms with Gasteiger partial charge in [0.1, 0.15) is 29.1 Å². The highest BCUT2D eigenvalue weighted by atomic mass is 32.2.